The molecule has 0 unspecified atom stereocenters. The number of ether oxygens (including phenoxy) is 1. The van der Waals surface area contributed by atoms with Crippen molar-refractivity contribution in [3.8, 4) is 22.8 Å². The molecule has 2 fully saturated rings. The monoisotopic (exact) mass is 445 g/mol. The molecule has 2 aromatic carbocycles. The number of likely N-dealkylation sites (N-methyl/N-ethyl adjacent to an activating group) is 1. The second-order valence-electron chi connectivity index (χ2n) is 9.46. The van der Waals surface area contributed by atoms with E-state index in [1.807, 2.05) is 36.4 Å². The van der Waals surface area contributed by atoms with Crippen LogP contribution < -0.4 is 10.5 Å². The zero-order chi connectivity index (χ0) is 22.6. The number of aromatic nitrogens is 2. The molecule has 1 aliphatic carbocycles. The average molecular weight is 446 g/mol. The average Bonchev–Trinajstić information content (AvgIpc) is 3.36. The van der Waals surface area contributed by atoms with Gasteiger partial charge < -0.3 is 15.4 Å². The van der Waals surface area contributed by atoms with Crippen LogP contribution >= 0.6 is 0 Å². The maximum atomic E-state index is 5.99. The van der Waals surface area contributed by atoms with Gasteiger partial charge >= 0.3 is 0 Å². The molecule has 2 N–H and O–H groups in total. The van der Waals surface area contributed by atoms with Gasteiger partial charge in [-0.05, 0) is 80.8 Å². The molecule has 2 aliphatic rings. The predicted octanol–water partition coefficient (Wildman–Crippen LogP) is 4.53. The lowest BCUT2D eigenvalue weighted by molar-refractivity contribution is 0.0811. The minimum atomic E-state index is 0.510. The molecule has 0 spiro atoms. The SMILES string of the molecule is CN1CCN(C2CCC(n3ccc(-c4ccc(Oc5cccc(CN)c5)cc4)n3)CC2)CC1. The van der Waals surface area contributed by atoms with E-state index < -0.39 is 0 Å². The fraction of sp³-hybridized carbons (Fsp3) is 0.444. The van der Waals surface area contributed by atoms with Crippen molar-refractivity contribution in [2.24, 2.45) is 5.73 Å². The quantitative estimate of drug-likeness (QED) is 0.604. The van der Waals surface area contributed by atoms with Crippen LogP contribution in [0.5, 0.6) is 11.5 Å². The standard InChI is InChI=1S/C27H35N5O/c1-30-15-17-31(18-16-30)23-7-9-24(10-8-23)32-14-13-27(29-32)22-5-11-25(12-6-22)33-26-4-2-3-21(19-26)20-28/h2-6,11-14,19,23-24H,7-10,15-18,20,28H2,1H3. The highest BCUT2D eigenvalue weighted by atomic mass is 16.5. The molecule has 5 rings (SSSR count). The van der Waals surface area contributed by atoms with Gasteiger partial charge in [0.15, 0.2) is 0 Å². The molecule has 6 nitrogen and oxygen atoms in total. The van der Waals surface area contributed by atoms with Crippen LogP contribution in [0.1, 0.15) is 37.3 Å². The molecule has 0 radical (unpaired) electrons. The Labute approximate surface area is 196 Å². The van der Waals surface area contributed by atoms with E-state index in [0.717, 1.165) is 34.4 Å². The molecular weight excluding hydrogens is 410 g/mol. The summed E-state index contributed by atoms with van der Waals surface area (Å²) in [5, 5.41) is 4.93. The molecule has 6 heteroatoms. The van der Waals surface area contributed by atoms with E-state index in [2.05, 4.69) is 45.9 Å². The van der Waals surface area contributed by atoms with Crippen LogP contribution in [0.3, 0.4) is 0 Å². The van der Waals surface area contributed by atoms with E-state index in [1.54, 1.807) is 0 Å². The van der Waals surface area contributed by atoms with Gasteiger partial charge in [0.2, 0.25) is 0 Å². The van der Waals surface area contributed by atoms with Crippen molar-refractivity contribution >= 4 is 0 Å². The number of hydrogen-bond acceptors (Lipinski definition) is 5. The third-order valence-electron chi connectivity index (χ3n) is 7.22. The minimum absolute atomic E-state index is 0.510. The first-order chi connectivity index (χ1) is 16.2. The van der Waals surface area contributed by atoms with E-state index in [9.17, 15) is 0 Å². The van der Waals surface area contributed by atoms with Crippen molar-refractivity contribution in [3.63, 3.8) is 0 Å². The Morgan fingerprint density at radius 2 is 1.61 bits per heavy atom. The smallest absolute Gasteiger partial charge is 0.127 e. The second kappa shape index (κ2) is 10.1. The first kappa shape index (κ1) is 22.1. The Morgan fingerprint density at radius 3 is 2.33 bits per heavy atom. The van der Waals surface area contributed by atoms with Gasteiger partial charge in [0, 0.05) is 50.5 Å². The van der Waals surface area contributed by atoms with Crippen molar-refractivity contribution in [1.29, 1.82) is 0 Å². The fourth-order valence-electron chi connectivity index (χ4n) is 5.14. The van der Waals surface area contributed by atoms with Gasteiger partial charge in [-0.15, -0.1) is 0 Å². The van der Waals surface area contributed by atoms with Gasteiger partial charge in [0.1, 0.15) is 11.5 Å². The first-order valence-corrected chi connectivity index (χ1v) is 12.2. The summed E-state index contributed by atoms with van der Waals surface area (Å²) in [6.45, 7) is 5.35. The largest absolute Gasteiger partial charge is 0.457 e. The molecule has 1 saturated carbocycles. The zero-order valence-corrected chi connectivity index (χ0v) is 19.6. The van der Waals surface area contributed by atoms with Gasteiger partial charge in [-0.2, -0.15) is 5.10 Å². The summed E-state index contributed by atoms with van der Waals surface area (Å²) in [6.07, 6.45) is 7.14. The highest BCUT2D eigenvalue weighted by Crippen LogP contribution is 2.32. The molecule has 33 heavy (non-hydrogen) atoms. The lowest BCUT2D eigenvalue weighted by Crippen LogP contribution is -2.49. The van der Waals surface area contributed by atoms with E-state index in [-0.39, 0.29) is 0 Å². The summed E-state index contributed by atoms with van der Waals surface area (Å²) >= 11 is 0. The number of rotatable bonds is 6. The first-order valence-electron chi connectivity index (χ1n) is 12.2. The van der Waals surface area contributed by atoms with Crippen molar-refractivity contribution in [2.45, 2.75) is 44.3 Å². The summed E-state index contributed by atoms with van der Waals surface area (Å²) in [5.41, 5.74) is 8.93. The maximum absolute atomic E-state index is 5.99. The van der Waals surface area contributed by atoms with Gasteiger partial charge in [-0.3, -0.25) is 9.58 Å². The summed E-state index contributed by atoms with van der Waals surface area (Å²) in [7, 11) is 2.23. The summed E-state index contributed by atoms with van der Waals surface area (Å²) in [6, 6.07) is 19.5. The highest BCUT2D eigenvalue weighted by Gasteiger charge is 2.28. The number of hydrogen-bond donors (Lipinski definition) is 1. The zero-order valence-electron chi connectivity index (χ0n) is 19.6. The van der Waals surface area contributed by atoms with Crippen LogP contribution in [-0.4, -0.2) is 58.8 Å². The number of nitrogens with zero attached hydrogens (tertiary/aromatic N) is 4. The number of nitrogens with two attached hydrogens (primary N) is 1. The number of piperazine rings is 1. The molecule has 1 aliphatic heterocycles. The molecule has 0 amide bonds. The Kier molecular flexibility index (Phi) is 6.76. The van der Waals surface area contributed by atoms with E-state index in [1.165, 1.54) is 51.9 Å². The lowest BCUT2D eigenvalue weighted by atomic mass is 9.90. The Bertz CT molecular complexity index is 1030. The summed E-state index contributed by atoms with van der Waals surface area (Å²) in [4.78, 5) is 5.14. The highest BCUT2D eigenvalue weighted by molar-refractivity contribution is 5.59. The van der Waals surface area contributed by atoms with Crippen LogP contribution in [0.4, 0.5) is 0 Å². The van der Waals surface area contributed by atoms with Gasteiger partial charge in [0.25, 0.3) is 0 Å². The van der Waals surface area contributed by atoms with Crippen LogP contribution in [0.15, 0.2) is 60.8 Å². The van der Waals surface area contributed by atoms with Crippen LogP contribution in [-0.2, 0) is 6.54 Å². The van der Waals surface area contributed by atoms with E-state index >= 15 is 0 Å². The Morgan fingerprint density at radius 1 is 0.879 bits per heavy atom. The van der Waals surface area contributed by atoms with Crippen molar-refractivity contribution in [1.82, 2.24) is 19.6 Å². The molecule has 2 heterocycles. The van der Waals surface area contributed by atoms with E-state index in [4.69, 9.17) is 15.6 Å². The van der Waals surface area contributed by atoms with Crippen molar-refractivity contribution in [3.05, 3.63) is 66.4 Å². The van der Waals surface area contributed by atoms with Crippen LogP contribution in [0, 0.1) is 0 Å². The van der Waals surface area contributed by atoms with Crippen molar-refractivity contribution < 1.29 is 4.74 Å². The van der Waals surface area contributed by atoms with Gasteiger partial charge in [-0.25, -0.2) is 0 Å². The van der Waals surface area contributed by atoms with Gasteiger partial charge in [0.05, 0.1) is 11.7 Å². The van der Waals surface area contributed by atoms with Crippen LogP contribution in [0.2, 0.25) is 0 Å². The van der Waals surface area contributed by atoms with E-state index in [0.29, 0.717) is 12.6 Å². The molecule has 0 atom stereocenters. The normalized spacial score (nSPS) is 22.4. The molecule has 0 bridgehead atoms. The van der Waals surface area contributed by atoms with Crippen LogP contribution in [0.25, 0.3) is 11.3 Å². The topological polar surface area (TPSA) is 59.5 Å². The minimum Gasteiger partial charge on any atom is -0.457 e. The summed E-state index contributed by atoms with van der Waals surface area (Å²) in [5.74, 6) is 1.62. The molecule has 1 aromatic heterocycles. The third-order valence-corrected chi connectivity index (χ3v) is 7.22. The number of benzene rings is 2. The molecule has 3 aromatic rings. The predicted molar refractivity (Wildman–Crippen MR) is 132 cm³/mol. The molecule has 174 valence electrons. The Balaban J connectivity index is 1.18. The lowest BCUT2D eigenvalue weighted by Gasteiger charge is -2.41. The molecular formula is C27H35N5O. The maximum Gasteiger partial charge on any atom is 0.127 e. The van der Waals surface area contributed by atoms with Crippen molar-refractivity contribution in [2.75, 3.05) is 33.2 Å². The fourth-order valence-corrected chi connectivity index (χ4v) is 5.14. The Hall–Kier alpha value is -2.67. The summed E-state index contributed by atoms with van der Waals surface area (Å²) < 4.78 is 8.18. The van der Waals surface area contributed by atoms with Gasteiger partial charge in [-0.1, -0.05) is 12.1 Å². The third kappa shape index (κ3) is 5.29. The molecule has 1 saturated heterocycles. The second-order valence-corrected chi connectivity index (χ2v) is 9.46.